The van der Waals surface area contributed by atoms with Crippen molar-refractivity contribution < 1.29 is 13.9 Å². The van der Waals surface area contributed by atoms with Gasteiger partial charge in [-0.1, -0.05) is 12.1 Å². The van der Waals surface area contributed by atoms with Crippen LogP contribution in [-0.2, 0) is 16.0 Å². The average Bonchev–Trinajstić information content (AvgIpc) is 2.62. The van der Waals surface area contributed by atoms with Gasteiger partial charge in [-0.2, -0.15) is 0 Å². The molecule has 3 rings (SSSR count). The first-order valence-corrected chi connectivity index (χ1v) is 9.33. The van der Waals surface area contributed by atoms with Gasteiger partial charge >= 0.3 is 0 Å². The van der Waals surface area contributed by atoms with E-state index in [0.29, 0.717) is 12.0 Å². The maximum atomic E-state index is 13.5. The minimum atomic E-state index is -0.171. The predicted octanol–water partition coefficient (Wildman–Crippen LogP) is 2.72. The Kier molecular flexibility index (Phi) is 6.07. The standard InChI is InChI=1S/C20H29FN2O2/c1-15(24)22-9-6-19(7-10-22)23-11-8-20(25-2)17(14-23)12-16-4-3-5-18(21)13-16/h3-5,13,17,19-20H,6-12,14H2,1-2H3/t17-,20-/m1/s1. The quantitative estimate of drug-likeness (QED) is 0.839. The molecule has 1 aromatic carbocycles. The molecule has 2 saturated heterocycles. The highest BCUT2D eigenvalue weighted by Gasteiger charge is 2.34. The third kappa shape index (κ3) is 4.59. The highest BCUT2D eigenvalue weighted by Crippen LogP contribution is 2.28. The van der Waals surface area contributed by atoms with Gasteiger partial charge in [0, 0.05) is 52.2 Å². The molecule has 0 bridgehead atoms. The van der Waals surface area contributed by atoms with Crippen LogP contribution in [0.25, 0.3) is 0 Å². The molecule has 0 spiro atoms. The molecule has 5 heteroatoms. The second-order valence-electron chi connectivity index (χ2n) is 7.39. The van der Waals surface area contributed by atoms with E-state index >= 15 is 0 Å². The molecule has 2 heterocycles. The molecule has 1 amide bonds. The molecular weight excluding hydrogens is 319 g/mol. The molecule has 0 aliphatic carbocycles. The maximum absolute atomic E-state index is 13.5. The molecule has 0 N–H and O–H groups in total. The minimum absolute atomic E-state index is 0.171. The maximum Gasteiger partial charge on any atom is 0.219 e. The van der Waals surface area contributed by atoms with Gasteiger partial charge in [0.25, 0.3) is 0 Å². The van der Waals surface area contributed by atoms with Crippen LogP contribution in [0, 0.1) is 11.7 Å². The molecule has 0 saturated carbocycles. The van der Waals surface area contributed by atoms with E-state index < -0.39 is 0 Å². The molecule has 4 nitrogen and oxygen atoms in total. The number of methoxy groups -OCH3 is 1. The van der Waals surface area contributed by atoms with E-state index in [1.54, 1.807) is 26.2 Å². The Balaban J connectivity index is 1.61. The number of amides is 1. The lowest BCUT2D eigenvalue weighted by Crippen LogP contribution is -2.52. The summed E-state index contributed by atoms with van der Waals surface area (Å²) in [4.78, 5) is 16.0. The minimum Gasteiger partial charge on any atom is -0.381 e. The zero-order chi connectivity index (χ0) is 17.8. The van der Waals surface area contributed by atoms with Gasteiger partial charge in [-0.05, 0) is 43.4 Å². The van der Waals surface area contributed by atoms with Crippen molar-refractivity contribution in [3.8, 4) is 0 Å². The van der Waals surface area contributed by atoms with Crippen molar-refractivity contribution in [1.82, 2.24) is 9.80 Å². The van der Waals surface area contributed by atoms with Crippen LogP contribution in [0.5, 0.6) is 0 Å². The Morgan fingerprint density at radius 3 is 2.64 bits per heavy atom. The number of benzene rings is 1. The first-order chi connectivity index (χ1) is 12.1. The molecule has 2 atom stereocenters. The van der Waals surface area contributed by atoms with Crippen molar-refractivity contribution in [3.63, 3.8) is 0 Å². The van der Waals surface area contributed by atoms with Gasteiger partial charge in [-0.15, -0.1) is 0 Å². The van der Waals surface area contributed by atoms with Crippen molar-refractivity contribution in [2.75, 3.05) is 33.3 Å². The summed E-state index contributed by atoms with van der Waals surface area (Å²) in [5, 5.41) is 0. The fourth-order valence-electron chi connectivity index (χ4n) is 4.39. The Labute approximate surface area is 149 Å². The Bertz CT molecular complexity index is 587. The summed E-state index contributed by atoms with van der Waals surface area (Å²) < 4.78 is 19.2. The van der Waals surface area contributed by atoms with Crippen LogP contribution in [0.4, 0.5) is 4.39 Å². The first-order valence-electron chi connectivity index (χ1n) is 9.33. The van der Waals surface area contributed by atoms with E-state index in [1.807, 2.05) is 11.0 Å². The Hall–Kier alpha value is -1.46. The van der Waals surface area contributed by atoms with Gasteiger partial charge in [0.05, 0.1) is 6.10 Å². The van der Waals surface area contributed by atoms with Crippen LogP contribution >= 0.6 is 0 Å². The highest BCUT2D eigenvalue weighted by atomic mass is 19.1. The van der Waals surface area contributed by atoms with Gasteiger partial charge in [0.15, 0.2) is 0 Å². The van der Waals surface area contributed by atoms with Crippen LogP contribution < -0.4 is 0 Å². The predicted molar refractivity (Wildman–Crippen MR) is 95.9 cm³/mol. The number of ether oxygens (including phenoxy) is 1. The van der Waals surface area contributed by atoms with E-state index in [4.69, 9.17) is 4.74 Å². The zero-order valence-electron chi connectivity index (χ0n) is 15.3. The van der Waals surface area contributed by atoms with E-state index in [0.717, 1.165) is 57.4 Å². The van der Waals surface area contributed by atoms with Crippen molar-refractivity contribution in [2.24, 2.45) is 5.92 Å². The lowest BCUT2D eigenvalue weighted by Gasteiger charge is -2.44. The Morgan fingerprint density at radius 2 is 2.00 bits per heavy atom. The second kappa shape index (κ2) is 8.28. The molecule has 2 aliphatic rings. The largest absolute Gasteiger partial charge is 0.381 e. The summed E-state index contributed by atoms with van der Waals surface area (Å²) in [6.07, 6.45) is 4.19. The molecule has 0 radical (unpaired) electrons. The van der Waals surface area contributed by atoms with Gasteiger partial charge in [-0.25, -0.2) is 4.39 Å². The second-order valence-corrected chi connectivity index (χ2v) is 7.39. The summed E-state index contributed by atoms with van der Waals surface area (Å²) >= 11 is 0. The fraction of sp³-hybridized carbons (Fsp3) is 0.650. The van der Waals surface area contributed by atoms with Gasteiger partial charge in [0.2, 0.25) is 5.91 Å². The van der Waals surface area contributed by atoms with Crippen molar-refractivity contribution in [3.05, 3.63) is 35.6 Å². The van der Waals surface area contributed by atoms with Gasteiger partial charge < -0.3 is 9.64 Å². The molecule has 138 valence electrons. The number of hydrogen-bond donors (Lipinski definition) is 0. The lowest BCUT2D eigenvalue weighted by molar-refractivity contribution is -0.130. The Morgan fingerprint density at radius 1 is 1.24 bits per heavy atom. The third-order valence-corrected chi connectivity index (χ3v) is 5.81. The molecule has 25 heavy (non-hydrogen) atoms. The number of piperidine rings is 2. The first kappa shape index (κ1) is 18.3. The van der Waals surface area contributed by atoms with Crippen molar-refractivity contribution in [2.45, 2.75) is 44.8 Å². The summed E-state index contributed by atoms with van der Waals surface area (Å²) in [6.45, 7) is 5.40. The van der Waals surface area contributed by atoms with E-state index in [9.17, 15) is 9.18 Å². The van der Waals surface area contributed by atoms with Crippen LogP contribution in [0.2, 0.25) is 0 Å². The molecule has 0 unspecified atom stereocenters. The fourth-order valence-corrected chi connectivity index (χ4v) is 4.39. The molecular formula is C20H29FN2O2. The van der Waals surface area contributed by atoms with Crippen LogP contribution in [0.15, 0.2) is 24.3 Å². The SMILES string of the molecule is CO[C@@H]1CCN(C2CCN(C(C)=O)CC2)C[C@H]1Cc1cccc(F)c1. The number of nitrogens with zero attached hydrogens (tertiary/aromatic N) is 2. The highest BCUT2D eigenvalue weighted by molar-refractivity contribution is 5.73. The number of halogens is 1. The van der Waals surface area contributed by atoms with E-state index in [-0.39, 0.29) is 17.8 Å². The summed E-state index contributed by atoms with van der Waals surface area (Å²) in [7, 11) is 1.78. The topological polar surface area (TPSA) is 32.8 Å². The lowest BCUT2D eigenvalue weighted by atomic mass is 9.87. The number of rotatable bonds is 4. The van der Waals surface area contributed by atoms with Gasteiger partial charge in [-0.3, -0.25) is 9.69 Å². The number of carbonyl (C=O) groups excluding carboxylic acids is 1. The average molecular weight is 348 g/mol. The number of hydrogen-bond acceptors (Lipinski definition) is 3. The normalized spacial score (nSPS) is 26.0. The van der Waals surface area contributed by atoms with Crippen molar-refractivity contribution >= 4 is 5.91 Å². The molecule has 2 aliphatic heterocycles. The summed E-state index contributed by atoms with van der Waals surface area (Å²) in [6, 6.07) is 7.46. The molecule has 0 aromatic heterocycles. The summed E-state index contributed by atoms with van der Waals surface area (Å²) in [5.41, 5.74) is 1.04. The van der Waals surface area contributed by atoms with Crippen molar-refractivity contribution in [1.29, 1.82) is 0 Å². The van der Waals surface area contributed by atoms with E-state index in [1.165, 1.54) is 6.07 Å². The summed E-state index contributed by atoms with van der Waals surface area (Å²) in [5.74, 6) is 0.391. The van der Waals surface area contributed by atoms with E-state index in [2.05, 4.69) is 4.90 Å². The van der Waals surface area contributed by atoms with Crippen LogP contribution in [0.3, 0.4) is 0 Å². The van der Waals surface area contributed by atoms with Crippen LogP contribution in [0.1, 0.15) is 31.7 Å². The number of carbonyl (C=O) groups is 1. The third-order valence-electron chi connectivity index (χ3n) is 5.81. The molecule has 2 fully saturated rings. The monoisotopic (exact) mass is 348 g/mol. The van der Waals surface area contributed by atoms with Gasteiger partial charge in [0.1, 0.15) is 5.82 Å². The number of likely N-dealkylation sites (tertiary alicyclic amines) is 2. The zero-order valence-corrected chi connectivity index (χ0v) is 15.3. The van der Waals surface area contributed by atoms with Crippen LogP contribution in [-0.4, -0.2) is 61.1 Å². The smallest absolute Gasteiger partial charge is 0.219 e. The molecule has 1 aromatic rings.